The first kappa shape index (κ1) is 14.8. The average Bonchev–Trinajstić information content (AvgIpc) is 2.32. The van der Waals surface area contributed by atoms with Gasteiger partial charge in [-0.25, -0.2) is 0 Å². The summed E-state index contributed by atoms with van der Waals surface area (Å²) in [4.78, 5) is 1.19. The lowest BCUT2D eigenvalue weighted by Gasteiger charge is -2.11. The van der Waals surface area contributed by atoms with Crippen molar-refractivity contribution in [3.63, 3.8) is 0 Å². The number of thioether (sulfide) groups is 1. The van der Waals surface area contributed by atoms with E-state index in [9.17, 15) is 0 Å². The smallest absolute Gasteiger partial charge is 0.0462 e. The highest BCUT2D eigenvalue weighted by molar-refractivity contribution is 7.99. The van der Waals surface area contributed by atoms with E-state index in [1.807, 2.05) is 18.2 Å². The number of unbranched alkanes of at least 4 members (excludes halogenated alkanes) is 1. The summed E-state index contributed by atoms with van der Waals surface area (Å²) in [6, 6.07) is 8.14. The number of rotatable bonds is 8. The lowest BCUT2D eigenvalue weighted by Crippen LogP contribution is -2.22. The fourth-order valence-corrected chi connectivity index (χ4v) is 2.71. The highest BCUT2D eigenvalue weighted by Crippen LogP contribution is 2.22. The maximum absolute atomic E-state index is 6.05. The van der Waals surface area contributed by atoms with Gasteiger partial charge in [0.1, 0.15) is 0 Å². The van der Waals surface area contributed by atoms with Crippen LogP contribution in [0.1, 0.15) is 19.3 Å². The van der Waals surface area contributed by atoms with Crippen molar-refractivity contribution in [2.24, 2.45) is 5.73 Å². The number of ether oxygens (including phenoxy) is 1. The standard InChI is InChI=1S/C13H20ClNOS/c1-16-8-3-2-6-12(15)10-17-13-7-4-5-11(14)9-13/h4-5,7,9,12H,2-3,6,8,10,15H2,1H3. The zero-order chi connectivity index (χ0) is 12.5. The molecule has 0 aliphatic heterocycles. The van der Waals surface area contributed by atoms with Crippen LogP contribution in [-0.4, -0.2) is 25.5 Å². The number of hydrogen-bond acceptors (Lipinski definition) is 3. The Kier molecular flexibility index (Phi) is 7.69. The van der Waals surface area contributed by atoms with Crippen LogP contribution in [0.3, 0.4) is 0 Å². The van der Waals surface area contributed by atoms with Gasteiger partial charge in [-0.15, -0.1) is 11.8 Å². The fraction of sp³-hybridized carbons (Fsp3) is 0.538. The molecule has 1 unspecified atom stereocenters. The van der Waals surface area contributed by atoms with Gasteiger partial charge in [-0.1, -0.05) is 17.7 Å². The second kappa shape index (κ2) is 8.81. The van der Waals surface area contributed by atoms with Crippen molar-refractivity contribution < 1.29 is 4.74 Å². The molecular formula is C13H20ClNOS. The molecule has 0 saturated carbocycles. The van der Waals surface area contributed by atoms with Crippen LogP contribution >= 0.6 is 23.4 Å². The van der Waals surface area contributed by atoms with Crippen LogP contribution in [0.25, 0.3) is 0 Å². The topological polar surface area (TPSA) is 35.2 Å². The molecule has 2 N–H and O–H groups in total. The second-order valence-electron chi connectivity index (χ2n) is 4.02. The van der Waals surface area contributed by atoms with Crippen LogP contribution in [0.15, 0.2) is 29.2 Å². The van der Waals surface area contributed by atoms with E-state index in [0.717, 1.165) is 36.6 Å². The minimum Gasteiger partial charge on any atom is -0.385 e. The summed E-state index contributed by atoms with van der Waals surface area (Å²) >= 11 is 7.69. The number of nitrogens with two attached hydrogens (primary N) is 1. The van der Waals surface area contributed by atoms with Crippen molar-refractivity contribution in [2.75, 3.05) is 19.5 Å². The SMILES string of the molecule is COCCCCC(N)CSc1cccc(Cl)c1. The van der Waals surface area contributed by atoms with E-state index < -0.39 is 0 Å². The quantitative estimate of drug-likeness (QED) is 0.581. The van der Waals surface area contributed by atoms with E-state index in [-0.39, 0.29) is 6.04 Å². The van der Waals surface area contributed by atoms with Crippen LogP contribution in [-0.2, 0) is 4.74 Å². The number of methoxy groups -OCH3 is 1. The lowest BCUT2D eigenvalue weighted by molar-refractivity contribution is 0.191. The Balaban J connectivity index is 2.17. The van der Waals surface area contributed by atoms with Crippen molar-refractivity contribution in [1.82, 2.24) is 0 Å². The van der Waals surface area contributed by atoms with Crippen LogP contribution in [0.5, 0.6) is 0 Å². The third-order valence-corrected chi connectivity index (χ3v) is 3.85. The highest BCUT2D eigenvalue weighted by atomic mass is 35.5. The molecule has 0 spiro atoms. The molecule has 4 heteroatoms. The molecule has 0 aliphatic carbocycles. The Morgan fingerprint density at radius 3 is 2.94 bits per heavy atom. The van der Waals surface area contributed by atoms with Crippen LogP contribution in [0.4, 0.5) is 0 Å². The monoisotopic (exact) mass is 273 g/mol. The third-order valence-electron chi connectivity index (χ3n) is 2.43. The zero-order valence-corrected chi connectivity index (χ0v) is 11.8. The van der Waals surface area contributed by atoms with E-state index in [4.69, 9.17) is 22.1 Å². The van der Waals surface area contributed by atoms with E-state index in [0.29, 0.717) is 0 Å². The molecule has 0 heterocycles. The van der Waals surface area contributed by atoms with Crippen LogP contribution in [0, 0.1) is 0 Å². The summed E-state index contributed by atoms with van der Waals surface area (Å²) in [6.07, 6.45) is 3.27. The van der Waals surface area contributed by atoms with Crippen LogP contribution in [0.2, 0.25) is 5.02 Å². The molecule has 1 rings (SSSR count). The summed E-state index contributed by atoms with van der Waals surface area (Å²) < 4.78 is 5.01. The summed E-state index contributed by atoms with van der Waals surface area (Å²) in [5.41, 5.74) is 6.05. The Bertz CT molecular complexity index is 322. The lowest BCUT2D eigenvalue weighted by atomic mass is 10.1. The van der Waals surface area contributed by atoms with Crippen molar-refractivity contribution in [1.29, 1.82) is 0 Å². The summed E-state index contributed by atoms with van der Waals surface area (Å²) in [7, 11) is 1.73. The largest absolute Gasteiger partial charge is 0.385 e. The molecule has 1 aromatic carbocycles. The van der Waals surface area contributed by atoms with Gasteiger partial charge in [-0.3, -0.25) is 0 Å². The molecule has 2 nitrogen and oxygen atoms in total. The first-order chi connectivity index (χ1) is 8.22. The maximum atomic E-state index is 6.05. The Labute approximate surface area is 113 Å². The molecular weight excluding hydrogens is 254 g/mol. The third kappa shape index (κ3) is 6.94. The van der Waals surface area contributed by atoms with E-state index >= 15 is 0 Å². The summed E-state index contributed by atoms with van der Waals surface area (Å²) in [5, 5.41) is 0.781. The molecule has 0 saturated heterocycles. The molecule has 1 aromatic rings. The normalized spacial score (nSPS) is 12.6. The minimum atomic E-state index is 0.246. The molecule has 96 valence electrons. The van der Waals surface area contributed by atoms with Crippen molar-refractivity contribution in [2.45, 2.75) is 30.2 Å². The van der Waals surface area contributed by atoms with Gasteiger partial charge in [0.15, 0.2) is 0 Å². The van der Waals surface area contributed by atoms with Gasteiger partial charge in [0, 0.05) is 35.4 Å². The van der Waals surface area contributed by atoms with Crippen LogP contribution < -0.4 is 5.73 Å². The molecule has 0 aliphatic rings. The average molecular weight is 274 g/mol. The first-order valence-corrected chi connectivity index (χ1v) is 7.21. The first-order valence-electron chi connectivity index (χ1n) is 5.85. The minimum absolute atomic E-state index is 0.246. The molecule has 17 heavy (non-hydrogen) atoms. The molecule has 0 bridgehead atoms. The predicted octanol–water partition coefficient (Wildman–Crippen LogP) is 3.58. The molecule has 0 radical (unpaired) electrons. The Morgan fingerprint density at radius 2 is 2.24 bits per heavy atom. The van der Waals surface area contributed by atoms with Crippen molar-refractivity contribution in [3.8, 4) is 0 Å². The van der Waals surface area contributed by atoms with Gasteiger partial charge < -0.3 is 10.5 Å². The number of hydrogen-bond donors (Lipinski definition) is 1. The zero-order valence-electron chi connectivity index (χ0n) is 10.2. The van der Waals surface area contributed by atoms with Gasteiger partial charge in [0.05, 0.1) is 0 Å². The van der Waals surface area contributed by atoms with Gasteiger partial charge >= 0.3 is 0 Å². The van der Waals surface area contributed by atoms with Gasteiger partial charge in [0.25, 0.3) is 0 Å². The molecule has 0 fully saturated rings. The van der Waals surface area contributed by atoms with Gasteiger partial charge in [-0.05, 0) is 37.5 Å². The molecule has 0 aromatic heterocycles. The van der Waals surface area contributed by atoms with Gasteiger partial charge in [-0.2, -0.15) is 0 Å². The fourth-order valence-electron chi connectivity index (χ4n) is 1.50. The van der Waals surface area contributed by atoms with Crippen molar-refractivity contribution >= 4 is 23.4 Å². The summed E-state index contributed by atoms with van der Waals surface area (Å²) in [6.45, 7) is 0.828. The maximum Gasteiger partial charge on any atom is 0.0462 e. The Hall–Kier alpha value is -0.220. The van der Waals surface area contributed by atoms with E-state index in [1.54, 1.807) is 18.9 Å². The summed E-state index contributed by atoms with van der Waals surface area (Å²) in [5.74, 6) is 0.938. The van der Waals surface area contributed by atoms with E-state index in [1.165, 1.54) is 4.90 Å². The highest BCUT2D eigenvalue weighted by Gasteiger charge is 2.03. The van der Waals surface area contributed by atoms with Crippen molar-refractivity contribution in [3.05, 3.63) is 29.3 Å². The number of benzene rings is 1. The van der Waals surface area contributed by atoms with Gasteiger partial charge in [0.2, 0.25) is 0 Å². The number of halogens is 1. The molecule has 1 atom stereocenters. The van der Waals surface area contributed by atoms with E-state index in [2.05, 4.69) is 6.07 Å². The Morgan fingerprint density at radius 1 is 1.41 bits per heavy atom. The molecule has 0 amide bonds. The predicted molar refractivity (Wildman–Crippen MR) is 75.9 cm³/mol. The second-order valence-corrected chi connectivity index (χ2v) is 5.55.